The molecule has 1 N–H and O–H groups in total. The maximum Gasteiger partial charge on any atom is 0.237 e. The number of carbonyl (C=O) groups excluding carboxylic acids is 1. The third kappa shape index (κ3) is 3.64. The minimum Gasteiger partial charge on any atom is -0.332 e. The molecule has 0 fully saturated rings. The van der Waals surface area contributed by atoms with Crippen molar-refractivity contribution in [3.63, 3.8) is 0 Å². The van der Waals surface area contributed by atoms with Crippen molar-refractivity contribution in [3.8, 4) is 22.5 Å². The van der Waals surface area contributed by atoms with Gasteiger partial charge in [0.05, 0.1) is 17.1 Å². The number of hydrogen-bond acceptors (Lipinski definition) is 3. The number of H-pyrrole nitrogens is 1. The van der Waals surface area contributed by atoms with Gasteiger partial charge in [0.25, 0.3) is 0 Å². The van der Waals surface area contributed by atoms with Crippen LogP contribution in [0.3, 0.4) is 0 Å². The van der Waals surface area contributed by atoms with E-state index in [4.69, 9.17) is 4.98 Å². The summed E-state index contributed by atoms with van der Waals surface area (Å²) in [5.41, 5.74) is 6.30. The number of anilines is 1. The van der Waals surface area contributed by atoms with Crippen LogP contribution in [0.25, 0.3) is 22.5 Å². The van der Waals surface area contributed by atoms with E-state index in [1.54, 1.807) is 0 Å². The van der Waals surface area contributed by atoms with E-state index in [2.05, 4.69) is 35.3 Å². The largest absolute Gasteiger partial charge is 0.332 e. The van der Waals surface area contributed by atoms with E-state index in [-0.39, 0.29) is 5.91 Å². The number of nitrogens with zero attached hydrogens (tertiary/aromatic N) is 2. The molecular weight excluding hydrogens is 390 g/mol. The van der Waals surface area contributed by atoms with Crippen molar-refractivity contribution in [3.05, 3.63) is 90.5 Å². The van der Waals surface area contributed by atoms with Crippen LogP contribution < -0.4 is 4.90 Å². The third-order valence-electron chi connectivity index (χ3n) is 5.31. The average molecular weight is 412 g/mol. The molecule has 148 valence electrons. The van der Waals surface area contributed by atoms with E-state index in [0.717, 1.165) is 46.3 Å². The number of imidazole rings is 1. The number of benzene rings is 3. The smallest absolute Gasteiger partial charge is 0.237 e. The first-order valence-electron chi connectivity index (χ1n) is 10.0. The number of amides is 1. The van der Waals surface area contributed by atoms with Crippen LogP contribution in [-0.4, -0.2) is 28.2 Å². The maximum absolute atomic E-state index is 12.9. The Labute approximate surface area is 180 Å². The molecule has 5 heteroatoms. The normalized spacial score (nSPS) is 12.7. The van der Waals surface area contributed by atoms with E-state index in [0.29, 0.717) is 5.75 Å². The molecule has 0 unspecified atom stereocenters. The minimum atomic E-state index is 0.115. The van der Waals surface area contributed by atoms with Gasteiger partial charge in [0.15, 0.2) is 5.16 Å². The van der Waals surface area contributed by atoms with Gasteiger partial charge in [-0.25, -0.2) is 4.98 Å². The molecule has 0 saturated heterocycles. The van der Waals surface area contributed by atoms with Crippen LogP contribution in [0.1, 0.15) is 5.56 Å². The van der Waals surface area contributed by atoms with Gasteiger partial charge in [0.2, 0.25) is 5.91 Å². The second-order valence-corrected chi connectivity index (χ2v) is 8.17. The molecule has 2 heterocycles. The monoisotopic (exact) mass is 411 g/mol. The van der Waals surface area contributed by atoms with Gasteiger partial charge in [-0.15, -0.1) is 0 Å². The first-order valence-corrected chi connectivity index (χ1v) is 11.0. The summed E-state index contributed by atoms with van der Waals surface area (Å²) in [4.78, 5) is 23.0. The van der Waals surface area contributed by atoms with Crippen molar-refractivity contribution >= 4 is 23.4 Å². The molecule has 0 bridgehead atoms. The highest BCUT2D eigenvalue weighted by molar-refractivity contribution is 7.99. The van der Waals surface area contributed by atoms with Gasteiger partial charge in [-0.05, 0) is 18.1 Å². The molecule has 30 heavy (non-hydrogen) atoms. The number of aromatic amines is 1. The highest BCUT2D eigenvalue weighted by Gasteiger charge is 2.24. The first kappa shape index (κ1) is 18.7. The van der Waals surface area contributed by atoms with Crippen LogP contribution in [0, 0.1) is 0 Å². The van der Waals surface area contributed by atoms with Gasteiger partial charge >= 0.3 is 0 Å². The van der Waals surface area contributed by atoms with Crippen LogP contribution in [0.15, 0.2) is 90.1 Å². The molecule has 0 spiro atoms. The van der Waals surface area contributed by atoms with Gasteiger partial charge in [-0.3, -0.25) is 4.79 Å². The average Bonchev–Trinajstić information content (AvgIpc) is 3.43. The molecule has 0 saturated carbocycles. The lowest BCUT2D eigenvalue weighted by atomic mass is 10.1. The summed E-state index contributed by atoms with van der Waals surface area (Å²) in [7, 11) is 0. The van der Waals surface area contributed by atoms with Crippen molar-refractivity contribution in [1.82, 2.24) is 9.97 Å². The first-order chi connectivity index (χ1) is 14.8. The highest BCUT2D eigenvalue weighted by atomic mass is 32.2. The van der Waals surface area contributed by atoms with Gasteiger partial charge in [0.1, 0.15) is 0 Å². The summed E-state index contributed by atoms with van der Waals surface area (Å²) in [6.45, 7) is 0.751. The van der Waals surface area contributed by atoms with E-state index >= 15 is 0 Å². The number of thioether (sulfide) groups is 1. The fourth-order valence-electron chi connectivity index (χ4n) is 3.84. The van der Waals surface area contributed by atoms with Crippen LogP contribution in [0.5, 0.6) is 0 Å². The second kappa shape index (κ2) is 8.20. The molecule has 1 aliphatic rings. The van der Waals surface area contributed by atoms with Crippen LogP contribution >= 0.6 is 11.8 Å². The number of rotatable bonds is 5. The molecule has 5 rings (SSSR count). The predicted molar refractivity (Wildman–Crippen MR) is 123 cm³/mol. The Kier molecular flexibility index (Phi) is 5.11. The predicted octanol–water partition coefficient (Wildman–Crippen LogP) is 5.43. The quantitative estimate of drug-likeness (QED) is 0.446. The van der Waals surface area contributed by atoms with Gasteiger partial charge < -0.3 is 9.88 Å². The summed E-state index contributed by atoms with van der Waals surface area (Å²) in [6.07, 6.45) is 0.920. The molecule has 1 aliphatic heterocycles. The third-order valence-corrected chi connectivity index (χ3v) is 6.17. The molecule has 0 radical (unpaired) electrons. The van der Waals surface area contributed by atoms with Crippen molar-refractivity contribution in [1.29, 1.82) is 0 Å². The number of hydrogen-bond donors (Lipinski definition) is 1. The topological polar surface area (TPSA) is 49.0 Å². The zero-order chi connectivity index (χ0) is 20.3. The zero-order valence-corrected chi connectivity index (χ0v) is 17.2. The highest BCUT2D eigenvalue weighted by Crippen LogP contribution is 2.33. The summed E-state index contributed by atoms with van der Waals surface area (Å²) in [5.74, 6) is 0.466. The van der Waals surface area contributed by atoms with Gasteiger partial charge in [0, 0.05) is 23.4 Å². The lowest BCUT2D eigenvalue weighted by Crippen LogP contribution is -2.30. The Balaban J connectivity index is 1.39. The van der Waals surface area contributed by atoms with Gasteiger partial charge in [-0.2, -0.15) is 0 Å². The lowest BCUT2D eigenvalue weighted by molar-refractivity contribution is -0.116. The molecular formula is C25H21N3OS. The minimum absolute atomic E-state index is 0.115. The molecule has 0 atom stereocenters. The van der Waals surface area contributed by atoms with Crippen LogP contribution in [0.2, 0.25) is 0 Å². The Morgan fingerprint density at radius 2 is 1.57 bits per heavy atom. The van der Waals surface area contributed by atoms with Crippen molar-refractivity contribution in [2.24, 2.45) is 0 Å². The van der Waals surface area contributed by atoms with E-state index < -0.39 is 0 Å². The Hall–Kier alpha value is -3.31. The SMILES string of the molecule is O=C(CSc1nc(-c2ccccc2)c(-c2ccccc2)[nH]1)N1CCc2ccccc21. The second-order valence-electron chi connectivity index (χ2n) is 7.21. The summed E-state index contributed by atoms with van der Waals surface area (Å²) < 4.78 is 0. The number of para-hydroxylation sites is 1. The number of aromatic nitrogens is 2. The van der Waals surface area contributed by atoms with E-state index in [1.165, 1.54) is 17.3 Å². The standard InChI is InChI=1S/C25H21N3OS/c29-22(28-16-15-18-9-7-8-14-21(18)28)17-30-25-26-23(19-10-3-1-4-11-19)24(27-25)20-12-5-2-6-13-20/h1-14H,15-17H2,(H,26,27). The van der Waals surface area contributed by atoms with E-state index in [9.17, 15) is 4.79 Å². The number of carbonyl (C=O) groups is 1. The van der Waals surface area contributed by atoms with Crippen molar-refractivity contribution in [2.45, 2.75) is 11.6 Å². The molecule has 4 nitrogen and oxygen atoms in total. The van der Waals surface area contributed by atoms with Crippen LogP contribution in [0.4, 0.5) is 5.69 Å². The Morgan fingerprint density at radius 3 is 2.33 bits per heavy atom. The molecule has 1 amide bonds. The molecule has 1 aromatic heterocycles. The Bertz CT molecular complexity index is 1110. The van der Waals surface area contributed by atoms with E-state index in [1.807, 2.05) is 59.5 Å². The van der Waals surface area contributed by atoms with Crippen LogP contribution in [-0.2, 0) is 11.2 Å². The van der Waals surface area contributed by atoms with Crippen molar-refractivity contribution < 1.29 is 4.79 Å². The summed E-state index contributed by atoms with van der Waals surface area (Å²) >= 11 is 1.46. The lowest BCUT2D eigenvalue weighted by Gasteiger charge is -2.16. The number of nitrogens with one attached hydrogen (secondary N) is 1. The zero-order valence-electron chi connectivity index (χ0n) is 16.4. The fourth-order valence-corrected chi connectivity index (χ4v) is 4.59. The Morgan fingerprint density at radius 1 is 0.900 bits per heavy atom. The number of fused-ring (bicyclic) bond motifs is 1. The molecule has 0 aliphatic carbocycles. The maximum atomic E-state index is 12.9. The summed E-state index contributed by atoms with van der Waals surface area (Å²) in [5, 5.41) is 0.758. The fraction of sp³-hybridized carbons (Fsp3) is 0.120. The van der Waals surface area contributed by atoms with Gasteiger partial charge in [-0.1, -0.05) is 90.6 Å². The molecule has 3 aromatic carbocycles. The summed E-state index contributed by atoms with van der Waals surface area (Å²) in [6, 6.07) is 28.5. The van der Waals surface area contributed by atoms with Crippen molar-refractivity contribution in [2.75, 3.05) is 17.2 Å². The molecule has 4 aromatic rings.